The SMILES string of the molecule is O=C(N/N=C\c1ccc2c(c1)OCO2)[C@H]1CC(=O)N(c2ccccc2)C1. The van der Waals surface area contributed by atoms with Crippen molar-refractivity contribution in [2.24, 2.45) is 11.0 Å². The first-order valence-corrected chi connectivity index (χ1v) is 8.29. The van der Waals surface area contributed by atoms with E-state index in [2.05, 4.69) is 10.5 Å². The van der Waals surface area contributed by atoms with E-state index in [-0.39, 0.29) is 25.0 Å². The lowest BCUT2D eigenvalue weighted by molar-refractivity contribution is -0.126. The zero-order valence-electron chi connectivity index (χ0n) is 13.9. The van der Waals surface area contributed by atoms with Crippen LogP contribution in [0.15, 0.2) is 53.6 Å². The number of para-hydroxylation sites is 1. The number of nitrogens with one attached hydrogen (secondary N) is 1. The zero-order valence-corrected chi connectivity index (χ0v) is 13.9. The van der Waals surface area contributed by atoms with E-state index in [0.29, 0.717) is 18.0 Å². The number of anilines is 1. The van der Waals surface area contributed by atoms with E-state index >= 15 is 0 Å². The Bertz CT molecular complexity index is 866. The summed E-state index contributed by atoms with van der Waals surface area (Å²) in [5.74, 6) is 0.596. The van der Waals surface area contributed by atoms with Crippen molar-refractivity contribution in [3.8, 4) is 11.5 Å². The van der Waals surface area contributed by atoms with Gasteiger partial charge in [0.1, 0.15) is 0 Å². The minimum Gasteiger partial charge on any atom is -0.454 e. The Morgan fingerprint density at radius 3 is 2.81 bits per heavy atom. The number of amides is 2. The predicted octanol–water partition coefficient (Wildman–Crippen LogP) is 1.92. The maximum absolute atomic E-state index is 12.3. The van der Waals surface area contributed by atoms with Crippen LogP contribution in [0, 0.1) is 5.92 Å². The Balaban J connectivity index is 1.36. The molecule has 0 saturated carbocycles. The fraction of sp³-hybridized carbons (Fsp3) is 0.211. The molecule has 0 aromatic heterocycles. The minimum atomic E-state index is -0.420. The third kappa shape index (κ3) is 3.23. The van der Waals surface area contributed by atoms with Crippen LogP contribution in [0.25, 0.3) is 0 Å². The number of fused-ring (bicyclic) bond motifs is 1. The van der Waals surface area contributed by atoms with Gasteiger partial charge in [0, 0.05) is 18.7 Å². The lowest BCUT2D eigenvalue weighted by Gasteiger charge is -2.16. The Kier molecular flexibility index (Phi) is 4.27. The number of rotatable bonds is 4. The molecule has 2 aromatic carbocycles. The number of hydrazone groups is 1. The molecule has 132 valence electrons. The Hall–Kier alpha value is -3.35. The van der Waals surface area contributed by atoms with Gasteiger partial charge >= 0.3 is 0 Å². The second-order valence-corrected chi connectivity index (χ2v) is 6.09. The van der Waals surface area contributed by atoms with Crippen molar-refractivity contribution in [3.05, 3.63) is 54.1 Å². The van der Waals surface area contributed by atoms with Crippen molar-refractivity contribution < 1.29 is 19.1 Å². The number of hydrogen-bond donors (Lipinski definition) is 1. The fourth-order valence-corrected chi connectivity index (χ4v) is 3.00. The molecule has 0 radical (unpaired) electrons. The van der Waals surface area contributed by atoms with Gasteiger partial charge in [-0.3, -0.25) is 9.59 Å². The first kappa shape index (κ1) is 16.1. The molecule has 2 heterocycles. The summed E-state index contributed by atoms with van der Waals surface area (Å²) < 4.78 is 10.5. The molecule has 0 spiro atoms. The molecule has 4 rings (SSSR count). The smallest absolute Gasteiger partial charge is 0.245 e. The molecule has 1 atom stereocenters. The summed E-state index contributed by atoms with van der Waals surface area (Å²) in [5.41, 5.74) is 4.10. The van der Waals surface area contributed by atoms with Gasteiger partial charge in [-0.2, -0.15) is 5.10 Å². The average Bonchev–Trinajstić information content (AvgIpc) is 3.28. The summed E-state index contributed by atoms with van der Waals surface area (Å²) in [4.78, 5) is 26.1. The van der Waals surface area contributed by atoms with Gasteiger partial charge in [-0.1, -0.05) is 18.2 Å². The van der Waals surface area contributed by atoms with E-state index in [9.17, 15) is 9.59 Å². The standard InChI is InChI=1S/C19H17N3O4/c23-18-9-14(11-22(18)15-4-2-1-3-5-15)19(24)21-20-10-13-6-7-16-17(8-13)26-12-25-16/h1-8,10,14H,9,11-12H2,(H,21,24)/b20-10-/t14-/m0/s1. The Labute approximate surface area is 150 Å². The van der Waals surface area contributed by atoms with Crippen LogP contribution in [-0.4, -0.2) is 31.4 Å². The molecule has 2 aromatic rings. The molecule has 0 aliphatic carbocycles. The largest absolute Gasteiger partial charge is 0.454 e. The van der Waals surface area contributed by atoms with Crippen LogP contribution in [0.3, 0.4) is 0 Å². The second-order valence-electron chi connectivity index (χ2n) is 6.09. The van der Waals surface area contributed by atoms with Crippen molar-refractivity contribution in [3.63, 3.8) is 0 Å². The van der Waals surface area contributed by atoms with E-state index < -0.39 is 5.92 Å². The molecular formula is C19H17N3O4. The van der Waals surface area contributed by atoms with Gasteiger partial charge in [-0.15, -0.1) is 0 Å². The number of nitrogens with zero attached hydrogens (tertiary/aromatic N) is 2. The maximum atomic E-state index is 12.3. The monoisotopic (exact) mass is 351 g/mol. The van der Waals surface area contributed by atoms with Gasteiger partial charge < -0.3 is 14.4 Å². The van der Waals surface area contributed by atoms with Crippen LogP contribution in [0.2, 0.25) is 0 Å². The number of carbonyl (C=O) groups is 2. The first-order valence-electron chi connectivity index (χ1n) is 8.29. The summed E-state index contributed by atoms with van der Waals surface area (Å²) in [5, 5.41) is 3.98. The highest BCUT2D eigenvalue weighted by Crippen LogP contribution is 2.32. The van der Waals surface area contributed by atoms with E-state index in [0.717, 1.165) is 11.3 Å². The van der Waals surface area contributed by atoms with Gasteiger partial charge in [0.2, 0.25) is 18.6 Å². The van der Waals surface area contributed by atoms with Crippen LogP contribution in [-0.2, 0) is 9.59 Å². The molecule has 1 fully saturated rings. The van der Waals surface area contributed by atoms with Crippen LogP contribution in [0.5, 0.6) is 11.5 Å². The van der Waals surface area contributed by atoms with Crippen molar-refractivity contribution in [2.75, 3.05) is 18.2 Å². The number of hydrogen-bond acceptors (Lipinski definition) is 5. The van der Waals surface area contributed by atoms with E-state index in [1.807, 2.05) is 36.4 Å². The molecule has 26 heavy (non-hydrogen) atoms. The highest BCUT2D eigenvalue weighted by Gasteiger charge is 2.35. The quantitative estimate of drug-likeness (QED) is 0.674. The van der Waals surface area contributed by atoms with Gasteiger partial charge in [-0.25, -0.2) is 5.43 Å². The third-order valence-corrected chi connectivity index (χ3v) is 4.35. The molecule has 7 nitrogen and oxygen atoms in total. The minimum absolute atomic E-state index is 0.0592. The molecule has 1 saturated heterocycles. The van der Waals surface area contributed by atoms with Crippen molar-refractivity contribution >= 4 is 23.7 Å². The lowest BCUT2D eigenvalue weighted by Crippen LogP contribution is -2.30. The topological polar surface area (TPSA) is 80.2 Å². The van der Waals surface area contributed by atoms with E-state index in [1.54, 1.807) is 17.0 Å². The molecule has 0 bridgehead atoms. The van der Waals surface area contributed by atoms with Gasteiger partial charge in [0.15, 0.2) is 11.5 Å². The number of ether oxygens (including phenoxy) is 2. The highest BCUT2D eigenvalue weighted by atomic mass is 16.7. The third-order valence-electron chi connectivity index (χ3n) is 4.35. The van der Waals surface area contributed by atoms with Crippen LogP contribution >= 0.6 is 0 Å². The van der Waals surface area contributed by atoms with Crippen molar-refractivity contribution in [1.29, 1.82) is 0 Å². The Morgan fingerprint density at radius 1 is 1.15 bits per heavy atom. The molecule has 1 N–H and O–H groups in total. The van der Waals surface area contributed by atoms with Crippen molar-refractivity contribution in [2.45, 2.75) is 6.42 Å². The second kappa shape index (κ2) is 6.87. The van der Waals surface area contributed by atoms with Crippen LogP contribution in [0.4, 0.5) is 5.69 Å². The number of carbonyl (C=O) groups excluding carboxylic acids is 2. The first-order chi connectivity index (χ1) is 12.7. The molecule has 7 heteroatoms. The lowest BCUT2D eigenvalue weighted by atomic mass is 10.1. The molecule has 2 aliphatic heterocycles. The van der Waals surface area contributed by atoms with Gasteiger partial charge in [0.05, 0.1) is 12.1 Å². The van der Waals surface area contributed by atoms with Gasteiger partial charge in [-0.05, 0) is 35.9 Å². The molecule has 0 unspecified atom stereocenters. The molecule has 2 aliphatic rings. The summed E-state index contributed by atoms with van der Waals surface area (Å²) in [6, 6.07) is 14.7. The van der Waals surface area contributed by atoms with Crippen LogP contribution in [0.1, 0.15) is 12.0 Å². The van der Waals surface area contributed by atoms with E-state index in [1.165, 1.54) is 6.21 Å². The fourth-order valence-electron chi connectivity index (χ4n) is 3.00. The van der Waals surface area contributed by atoms with Crippen molar-refractivity contribution in [1.82, 2.24) is 5.43 Å². The average molecular weight is 351 g/mol. The summed E-state index contributed by atoms with van der Waals surface area (Å²) in [7, 11) is 0. The molecular weight excluding hydrogens is 334 g/mol. The predicted molar refractivity (Wildman–Crippen MR) is 95.2 cm³/mol. The molecule has 2 amide bonds. The maximum Gasteiger partial charge on any atom is 0.245 e. The van der Waals surface area contributed by atoms with Crippen LogP contribution < -0.4 is 19.8 Å². The van der Waals surface area contributed by atoms with Gasteiger partial charge in [0.25, 0.3) is 0 Å². The number of benzene rings is 2. The zero-order chi connectivity index (χ0) is 17.9. The highest BCUT2D eigenvalue weighted by molar-refractivity contribution is 6.00. The summed E-state index contributed by atoms with van der Waals surface area (Å²) in [6.45, 7) is 0.564. The summed E-state index contributed by atoms with van der Waals surface area (Å²) in [6.07, 6.45) is 1.71. The van der Waals surface area contributed by atoms with E-state index in [4.69, 9.17) is 9.47 Å². The Morgan fingerprint density at radius 2 is 1.96 bits per heavy atom. The summed E-state index contributed by atoms with van der Waals surface area (Å²) >= 11 is 0. The normalized spacial score (nSPS) is 18.5.